The number of aliphatic hydroxyl groups excluding tert-OH is 1. The van der Waals surface area contributed by atoms with Crippen LogP contribution in [0.25, 0.3) is 0 Å². The molecule has 0 aromatic carbocycles. The van der Waals surface area contributed by atoms with E-state index in [9.17, 15) is 4.79 Å². The number of thioether (sulfide) groups is 1. The van der Waals surface area contributed by atoms with Crippen LogP contribution in [0.15, 0.2) is 0 Å². The third-order valence-electron chi connectivity index (χ3n) is 2.68. The van der Waals surface area contributed by atoms with Gasteiger partial charge in [-0.2, -0.15) is 11.8 Å². The maximum absolute atomic E-state index is 11.0. The summed E-state index contributed by atoms with van der Waals surface area (Å²) in [5, 5.41) is 18.3. The predicted octanol–water partition coefficient (Wildman–Crippen LogP) is 1.74. The van der Waals surface area contributed by atoms with Gasteiger partial charge in [-0.05, 0) is 12.8 Å². The summed E-state index contributed by atoms with van der Waals surface area (Å²) in [5.41, 5.74) is 0. The van der Waals surface area contributed by atoms with E-state index >= 15 is 0 Å². The Balaban J connectivity index is 2.49. The van der Waals surface area contributed by atoms with Crippen molar-refractivity contribution in [1.29, 1.82) is 0 Å². The first kappa shape index (κ1) is 11.9. The molecule has 0 bridgehead atoms. The van der Waals surface area contributed by atoms with Crippen molar-refractivity contribution in [2.24, 2.45) is 5.92 Å². The summed E-state index contributed by atoms with van der Waals surface area (Å²) in [4.78, 5) is 11.0. The highest BCUT2D eigenvalue weighted by Gasteiger charge is 2.31. The Labute approximate surface area is 88.9 Å². The normalized spacial score (nSPS) is 29.9. The number of carbonyl (C=O) groups is 1. The van der Waals surface area contributed by atoms with E-state index in [0.717, 1.165) is 25.7 Å². The number of aliphatic hydroxyl groups is 1. The maximum atomic E-state index is 11.0. The Morgan fingerprint density at radius 2 is 2.14 bits per heavy atom. The molecule has 0 aromatic rings. The van der Waals surface area contributed by atoms with Gasteiger partial charge in [0.25, 0.3) is 0 Å². The zero-order chi connectivity index (χ0) is 10.6. The summed E-state index contributed by atoms with van der Waals surface area (Å²) in [6.45, 7) is 2.08. The molecular formula is C10H18O3S. The lowest BCUT2D eigenvalue weighted by Crippen LogP contribution is -2.30. The Kier molecular flexibility index (Phi) is 4.75. The van der Waals surface area contributed by atoms with Crippen LogP contribution in [0, 0.1) is 5.92 Å². The second-order valence-electron chi connectivity index (χ2n) is 3.90. The van der Waals surface area contributed by atoms with E-state index in [0.29, 0.717) is 0 Å². The molecule has 2 N–H and O–H groups in total. The van der Waals surface area contributed by atoms with Crippen LogP contribution in [0.3, 0.4) is 0 Å². The Bertz CT molecular complexity index is 196. The lowest BCUT2D eigenvalue weighted by molar-refractivity contribution is -0.142. The molecule has 0 heterocycles. The fourth-order valence-corrected chi connectivity index (χ4v) is 3.31. The SMILES string of the molecule is CC(CO)SC1CCCCC1C(=O)O. The van der Waals surface area contributed by atoms with Gasteiger partial charge >= 0.3 is 5.97 Å². The first-order valence-electron chi connectivity index (χ1n) is 5.14. The average Bonchev–Trinajstić information content (AvgIpc) is 2.18. The summed E-state index contributed by atoms with van der Waals surface area (Å²) < 4.78 is 0. The van der Waals surface area contributed by atoms with Crippen molar-refractivity contribution in [2.45, 2.75) is 43.1 Å². The summed E-state index contributed by atoms with van der Waals surface area (Å²) in [6.07, 6.45) is 3.93. The highest BCUT2D eigenvalue weighted by atomic mass is 32.2. The molecule has 1 saturated carbocycles. The van der Waals surface area contributed by atoms with E-state index in [1.165, 1.54) is 0 Å². The van der Waals surface area contributed by atoms with E-state index in [1.807, 2.05) is 6.92 Å². The fraction of sp³-hybridized carbons (Fsp3) is 0.900. The van der Waals surface area contributed by atoms with Gasteiger partial charge in [0.1, 0.15) is 0 Å². The van der Waals surface area contributed by atoms with Crippen LogP contribution in [0.4, 0.5) is 0 Å². The molecule has 0 aromatic heterocycles. The van der Waals surface area contributed by atoms with Gasteiger partial charge in [-0.15, -0.1) is 0 Å². The van der Waals surface area contributed by atoms with Gasteiger partial charge in [-0.25, -0.2) is 0 Å². The topological polar surface area (TPSA) is 57.5 Å². The van der Waals surface area contributed by atoms with Crippen molar-refractivity contribution < 1.29 is 15.0 Å². The molecular weight excluding hydrogens is 200 g/mol. The van der Waals surface area contributed by atoms with Crippen LogP contribution >= 0.6 is 11.8 Å². The molecule has 1 rings (SSSR count). The van der Waals surface area contributed by atoms with Crippen LogP contribution in [0.2, 0.25) is 0 Å². The second-order valence-corrected chi connectivity index (χ2v) is 5.58. The van der Waals surface area contributed by atoms with Gasteiger partial charge < -0.3 is 10.2 Å². The first-order valence-corrected chi connectivity index (χ1v) is 6.08. The first-order chi connectivity index (χ1) is 6.65. The zero-order valence-corrected chi connectivity index (χ0v) is 9.30. The van der Waals surface area contributed by atoms with Gasteiger partial charge in [0.2, 0.25) is 0 Å². The molecule has 1 aliphatic rings. The zero-order valence-electron chi connectivity index (χ0n) is 8.48. The van der Waals surface area contributed by atoms with Crippen LogP contribution in [-0.4, -0.2) is 33.3 Å². The minimum atomic E-state index is -0.674. The Morgan fingerprint density at radius 3 is 2.71 bits per heavy atom. The second kappa shape index (κ2) is 5.61. The third kappa shape index (κ3) is 3.17. The van der Waals surface area contributed by atoms with E-state index in [2.05, 4.69) is 0 Å². The molecule has 3 unspecified atom stereocenters. The van der Waals surface area contributed by atoms with Crippen molar-refractivity contribution >= 4 is 17.7 Å². The van der Waals surface area contributed by atoms with Gasteiger partial charge in [-0.1, -0.05) is 19.8 Å². The van der Waals surface area contributed by atoms with Gasteiger partial charge in [0.05, 0.1) is 12.5 Å². The van der Waals surface area contributed by atoms with Gasteiger partial charge in [0, 0.05) is 10.5 Å². The van der Waals surface area contributed by atoms with E-state index in [4.69, 9.17) is 10.2 Å². The fourth-order valence-electron chi connectivity index (χ4n) is 1.88. The highest BCUT2D eigenvalue weighted by molar-refractivity contribution is 8.00. The van der Waals surface area contributed by atoms with Crippen molar-refractivity contribution in [1.82, 2.24) is 0 Å². The number of hydrogen-bond donors (Lipinski definition) is 2. The highest BCUT2D eigenvalue weighted by Crippen LogP contribution is 2.35. The number of rotatable bonds is 4. The summed E-state index contributed by atoms with van der Waals surface area (Å²) in [5.74, 6) is -0.880. The number of carboxylic acids is 1. The molecule has 3 atom stereocenters. The van der Waals surface area contributed by atoms with Crippen LogP contribution in [0.5, 0.6) is 0 Å². The standard InChI is InChI=1S/C10H18O3S/c1-7(6-11)14-9-5-3-2-4-8(9)10(12)13/h7-9,11H,2-6H2,1H3,(H,12,13). The summed E-state index contributed by atoms with van der Waals surface area (Å²) in [7, 11) is 0. The molecule has 4 heteroatoms. The molecule has 3 nitrogen and oxygen atoms in total. The summed E-state index contributed by atoms with van der Waals surface area (Å²) >= 11 is 1.63. The molecule has 82 valence electrons. The molecule has 0 spiro atoms. The number of hydrogen-bond acceptors (Lipinski definition) is 3. The quantitative estimate of drug-likeness (QED) is 0.754. The molecule has 0 radical (unpaired) electrons. The van der Waals surface area contributed by atoms with E-state index < -0.39 is 5.97 Å². The van der Waals surface area contributed by atoms with Crippen molar-refractivity contribution in [2.75, 3.05) is 6.61 Å². The Hall–Kier alpha value is -0.220. The van der Waals surface area contributed by atoms with Crippen molar-refractivity contribution in [3.05, 3.63) is 0 Å². The van der Waals surface area contributed by atoms with Gasteiger partial charge in [-0.3, -0.25) is 4.79 Å². The predicted molar refractivity (Wildman–Crippen MR) is 57.5 cm³/mol. The lowest BCUT2D eigenvalue weighted by Gasteiger charge is -2.29. The lowest BCUT2D eigenvalue weighted by atomic mass is 9.89. The largest absolute Gasteiger partial charge is 0.481 e. The molecule has 14 heavy (non-hydrogen) atoms. The molecule has 1 aliphatic carbocycles. The Morgan fingerprint density at radius 1 is 1.50 bits per heavy atom. The van der Waals surface area contributed by atoms with E-state index in [1.54, 1.807) is 11.8 Å². The van der Waals surface area contributed by atoms with Crippen molar-refractivity contribution in [3.63, 3.8) is 0 Å². The van der Waals surface area contributed by atoms with E-state index in [-0.39, 0.29) is 23.0 Å². The minimum Gasteiger partial charge on any atom is -0.481 e. The monoisotopic (exact) mass is 218 g/mol. The number of carboxylic acid groups (broad SMARTS) is 1. The molecule has 0 amide bonds. The maximum Gasteiger partial charge on any atom is 0.307 e. The molecule has 0 saturated heterocycles. The third-order valence-corrected chi connectivity index (χ3v) is 4.21. The molecule has 1 fully saturated rings. The number of aliphatic carboxylic acids is 1. The average molecular weight is 218 g/mol. The van der Waals surface area contributed by atoms with Crippen molar-refractivity contribution in [3.8, 4) is 0 Å². The van der Waals surface area contributed by atoms with Crippen LogP contribution in [-0.2, 0) is 4.79 Å². The van der Waals surface area contributed by atoms with Gasteiger partial charge in [0.15, 0.2) is 0 Å². The van der Waals surface area contributed by atoms with Crippen LogP contribution < -0.4 is 0 Å². The minimum absolute atomic E-state index is 0.132. The smallest absolute Gasteiger partial charge is 0.307 e. The molecule has 0 aliphatic heterocycles. The summed E-state index contributed by atoms with van der Waals surface area (Å²) in [6, 6.07) is 0. The van der Waals surface area contributed by atoms with Crippen LogP contribution in [0.1, 0.15) is 32.6 Å².